The summed E-state index contributed by atoms with van der Waals surface area (Å²) in [5.41, 5.74) is 3.27. The SMILES string of the molecule is CC(=O)NC1(c2ccccc2)CCN(C[C@@H]2C[C@@H]2c2ccc(Cl)c(Cl)c2)CC1.CN(Cc1ccccc1)C(=O)O. The van der Waals surface area contributed by atoms with E-state index in [9.17, 15) is 9.59 Å². The molecule has 0 bridgehead atoms. The summed E-state index contributed by atoms with van der Waals surface area (Å²) in [4.78, 5) is 26.1. The average molecular weight is 583 g/mol. The molecule has 1 saturated heterocycles. The Labute approximate surface area is 246 Å². The zero-order valence-corrected chi connectivity index (χ0v) is 24.5. The Kier molecular flexibility index (Phi) is 10.1. The Balaban J connectivity index is 0.000000259. The van der Waals surface area contributed by atoms with Gasteiger partial charge in [-0.25, -0.2) is 4.79 Å². The quantitative estimate of drug-likeness (QED) is 0.314. The second kappa shape index (κ2) is 13.5. The van der Waals surface area contributed by atoms with Crippen LogP contribution >= 0.6 is 23.2 Å². The van der Waals surface area contributed by atoms with Crippen molar-refractivity contribution < 1.29 is 14.7 Å². The van der Waals surface area contributed by atoms with Crippen molar-refractivity contribution >= 4 is 35.2 Å². The first kappa shape index (κ1) is 29.9. The van der Waals surface area contributed by atoms with Crippen molar-refractivity contribution in [2.24, 2.45) is 5.92 Å². The van der Waals surface area contributed by atoms with Crippen LogP contribution in [0.5, 0.6) is 0 Å². The fourth-order valence-corrected chi connectivity index (χ4v) is 5.86. The third-order valence-electron chi connectivity index (χ3n) is 7.83. The van der Waals surface area contributed by atoms with Crippen LogP contribution in [-0.4, -0.2) is 53.6 Å². The van der Waals surface area contributed by atoms with E-state index in [4.69, 9.17) is 28.3 Å². The van der Waals surface area contributed by atoms with Gasteiger partial charge in [-0.1, -0.05) is 89.9 Å². The van der Waals surface area contributed by atoms with E-state index in [2.05, 4.69) is 40.5 Å². The first-order valence-electron chi connectivity index (χ1n) is 13.7. The maximum Gasteiger partial charge on any atom is 0.407 e. The van der Waals surface area contributed by atoms with Gasteiger partial charge in [0.05, 0.1) is 15.6 Å². The lowest BCUT2D eigenvalue weighted by Crippen LogP contribution is -2.52. The number of hydrogen-bond donors (Lipinski definition) is 2. The molecule has 1 saturated carbocycles. The van der Waals surface area contributed by atoms with Gasteiger partial charge in [-0.2, -0.15) is 0 Å². The minimum Gasteiger partial charge on any atom is -0.465 e. The smallest absolute Gasteiger partial charge is 0.407 e. The van der Waals surface area contributed by atoms with Gasteiger partial charge >= 0.3 is 6.09 Å². The van der Waals surface area contributed by atoms with Gasteiger partial charge in [-0.3, -0.25) is 4.79 Å². The third kappa shape index (κ3) is 8.00. The van der Waals surface area contributed by atoms with Gasteiger partial charge < -0.3 is 20.2 Å². The van der Waals surface area contributed by atoms with Gasteiger partial charge in [0.2, 0.25) is 5.91 Å². The van der Waals surface area contributed by atoms with Crippen LogP contribution in [0.25, 0.3) is 0 Å². The first-order chi connectivity index (χ1) is 19.2. The third-order valence-corrected chi connectivity index (χ3v) is 8.57. The summed E-state index contributed by atoms with van der Waals surface area (Å²) in [6, 6.07) is 25.9. The highest BCUT2D eigenvalue weighted by Gasteiger charge is 2.42. The van der Waals surface area contributed by atoms with Crippen molar-refractivity contribution in [3.05, 3.63) is 106 Å². The first-order valence-corrected chi connectivity index (χ1v) is 14.4. The molecule has 3 aromatic rings. The van der Waals surface area contributed by atoms with Crippen molar-refractivity contribution in [1.29, 1.82) is 0 Å². The molecule has 8 heteroatoms. The molecule has 2 aliphatic rings. The lowest BCUT2D eigenvalue weighted by atomic mass is 9.80. The maximum absolute atomic E-state index is 11.9. The highest BCUT2D eigenvalue weighted by Crippen LogP contribution is 2.49. The molecule has 0 aromatic heterocycles. The van der Waals surface area contributed by atoms with Crippen molar-refractivity contribution in [3.63, 3.8) is 0 Å². The summed E-state index contributed by atoms with van der Waals surface area (Å²) in [5, 5.41) is 13.1. The number of likely N-dealkylation sites (tertiary alicyclic amines) is 1. The number of amides is 2. The molecule has 0 unspecified atom stereocenters. The molecule has 2 N–H and O–H groups in total. The Morgan fingerprint density at radius 3 is 2.17 bits per heavy atom. The number of nitrogens with zero attached hydrogens (tertiary/aromatic N) is 2. The largest absolute Gasteiger partial charge is 0.465 e. The van der Waals surface area contributed by atoms with E-state index in [1.807, 2.05) is 48.5 Å². The van der Waals surface area contributed by atoms with E-state index >= 15 is 0 Å². The number of rotatable bonds is 7. The Hall–Kier alpha value is -3.06. The van der Waals surface area contributed by atoms with Crippen molar-refractivity contribution in [3.8, 4) is 0 Å². The summed E-state index contributed by atoms with van der Waals surface area (Å²) in [5.74, 6) is 1.31. The van der Waals surface area contributed by atoms with E-state index in [1.165, 1.54) is 22.4 Å². The molecule has 2 fully saturated rings. The highest BCUT2D eigenvalue weighted by molar-refractivity contribution is 6.42. The molecule has 3 aromatic carbocycles. The normalized spacial score (nSPS) is 19.6. The van der Waals surface area contributed by atoms with Crippen LogP contribution in [0.2, 0.25) is 10.0 Å². The molecule has 0 radical (unpaired) electrons. The summed E-state index contributed by atoms with van der Waals surface area (Å²) in [7, 11) is 1.55. The zero-order chi connectivity index (χ0) is 28.7. The Bertz CT molecular complexity index is 1280. The Morgan fingerprint density at radius 1 is 0.975 bits per heavy atom. The summed E-state index contributed by atoms with van der Waals surface area (Å²) >= 11 is 12.2. The number of hydrogen-bond acceptors (Lipinski definition) is 3. The minimum absolute atomic E-state index is 0.0409. The van der Waals surface area contributed by atoms with Gasteiger partial charge in [0.1, 0.15) is 0 Å². The molecule has 2 atom stereocenters. The molecule has 1 aliphatic carbocycles. The summed E-state index contributed by atoms with van der Waals surface area (Å²) < 4.78 is 0. The van der Waals surface area contributed by atoms with Crippen molar-refractivity contribution in [2.75, 3.05) is 26.7 Å². The summed E-state index contributed by atoms with van der Waals surface area (Å²) in [6.45, 7) is 5.16. The number of piperidine rings is 1. The minimum atomic E-state index is -0.904. The number of halogens is 2. The number of carbonyl (C=O) groups is 2. The second-order valence-electron chi connectivity index (χ2n) is 10.8. The number of benzene rings is 3. The lowest BCUT2D eigenvalue weighted by Gasteiger charge is -2.43. The van der Waals surface area contributed by atoms with Gasteiger partial charge in [-0.15, -0.1) is 0 Å². The molecule has 2 amide bonds. The summed E-state index contributed by atoms with van der Waals surface area (Å²) in [6.07, 6.45) is 2.20. The molecular formula is C32H37Cl2N3O3. The highest BCUT2D eigenvalue weighted by atomic mass is 35.5. The van der Waals surface area contributed by atoms with Gasteiger partial charge in [0.25, 0.3) is 0 Å². The number of carboxylic acid groups (broad SMARTS) is 1. The molecule has 6 nitrogen and oxygen atoms in total. The van der Waals surface area contributed by atoms with E-state index in [-0.39, 0.29) is 11.4 Å². The van der Waals surface area contributed by atoms with E-state index in [1.54, 1.807) is 14.0 Å². The van der Waals surface area contributed by atoms with Crippen molar-refractivity contribution in [1.82, 2.24) is 15.1 Å². The van der Waals surface area contributed by atoms with Crippen LogP contribution in [0.3, 0.4) is 0 Å². The second-order valence-corrected chi connectivity index (χ2v) is 11.6. The molecule has 1 aliphatic heterocycles. The van der Waals surface area contributed by atoms with Crippen LogP contribution in [0, 0.1) is 5.92 Å². The van der Waals surface area contributed by atoms with E-state index in [0.29, 0.717) is 28.4 Å². The fourth-order valence-electron chi connectivity index (χ4n) is 5.55. The maximum atomic E-state index is 11.9. The van der Waals surface area contributed by atoms with Crippen LogP contribution < -0.4 is 5.32 Å². The predicted molar refractivity (Wildman–Crippen MR) is 161 cm³/mol. The van der Waals surface area contributed by atoms with E-state index in [0.717, 1.165) is 38.0 Å². The number of nitrogens with one attached hydrogen (secondary N) is 1. The Morgan fingerprint density at radius 2 is 1.60 bits per heavy atom. The van der Waals surface area contributed by atoms with Crippen LogP contribution in [0.1, 0.15) is 48.8 Å². The molecule has 5 rings (SSSR count). The fraction of sp³-hybridized carbons (Fsp3) is 0.375. The van der Waals surface area contributed by atoms with Gasteiger partial charge in [-0.05, 0) is 59.9 Å². The predicted octanol–water partition coefficient (Wildman–Crippen LogP) is 7.02. The van der Waals surface area contributed by atoms with Crippen LogP contribution in [-0.2, 0) is 16.9 Å². The molecule has 40 heavy (non-hydrogen) atoms. The van der Waals surface area contributed by atoms with Gasteiger partial charge in [0, 0.05) is 40.2 Å². The molecule has 212 valence electrons. The number of carbonyl (C=O) groups excluding carboxylic acids is 1. The lowest BCUT2D eigenvalue weighted by molar-refractivity contribution is -0.121. The molecular weight excluding hydrogens is 545 g/mol. The molecule has 0 spiro atoms. The molecule has 1 heterocycles. The van der Waals surface area contributed by atoms with Crippen molar-refractivity contribution in [2.45, 2.75) is 44.2 Å². The standard InChI is InChI=1S/C23H26Cl2N2O.C9H11NO2/c1-16(28)26-23(19-5-3-2-4-6-19)9-11-27(12-10-23)15-18-13-20(18)17-7-8-21(24)22(25)14-17;1-10(9(11)12)7-8-5-3-2-4-6-8/h2-8,14,18,20H,9-13,15H2,1H3,(H,26,28);2-6H,7H2,1H3,(H,11,12)/t18-,20+;/m0./s1. The average Bonchev–Trinajstić information content (AvgIpc) is 3.71. The topological polar surface area (TPSA) is 72.9 Å². The van der Waals surface area contributed by atoms with Gasteiger partial charge in [0.15, 0.2) is 0 Å². The van der Waals surface area contributed by atoms with Crippen LogP contribution in [0.15, 0.2) is 78.9 Å². The van der Waals surface area contributed by atoms with E-state index < -0.39 is 6.09 Å². The van der Waals surface area contributed by atoms with Crippen LogP contribution in [0.4, 0.5) is 4.79 Å². The monoisotopic (exact) mass is 581 g/mol. The zero-order valence-electron chi connectivity index (χ0n) is 23.0.